The smallest absolute Gasteiger partial charge is 0.409 e. The Balaban J connectivity index is 3.67. The summed E-state index contributed by atoms with van der Waals surface area (Å²) >= 11 is 0. The van der Waals surface area contributed by atoms with Crippen LogP contribution in [0.1, 0.15) is 40.0 Å². The zero-order chi connectivity index (χ0) is 10.1. The molecule has 0 saturated carbocycles. The minimum absolute atomic E-state index is 0.180. The maximum Gasteiger partial charge on any atom is 0.409 e. The largest absolute Gasteiger partial charge is 0.450 e. The summed E-state index contributed by atoms with van der Waals surface area (Å²) in [6.45, 7) is 7.98. The minimum Gasteiger partial charge on any atom is -0.450 e. The van der Waals surface area contributed by atoms with Gasteiger partial charge in [0.2, 0.25) is 0 Å². The molecule has 0 N–H and O–H groups in total. The number of carbonyl (C=O) groups excluding carboxylic acids is 1. The quantitative estimate of drug-likeness (QED) is 0.598. The fourth-order valence-electron chi connectivity index (χ4n) is 1.15. The summed E-state index contributed by atoms with van der Waals surface area (Å²) < 4.78 is 4.91. The van der Waals surface area contributed by atoms with Gasteiger partial charge < -0.3 is 9.64 Å². The molecule has 0 atom stereocenters. The van der Waals surface area contributed by atoms with Crippen LogP contribution in [-0.2, 0) is 4.74 Å². The van der Waals surface area contributed by atoms with Crippen LogP contribution in [0.25, 0.3) is 0 Å². The second-order valence-electron chi connectivity index (χ2n) is 2.99. The van der Waals surface area contributed by atoms with Gasteiger partial charge in [0.1, 0.15) is 0 Å². The SMILES string of the molecule is CCCCCN(CC)C(=O)OCC. The molecule has 0 aliphatic heterocycles. The van der Waals surface area contributed by atoms with Gasteiger partial charge in [-0.3, -0.25) is 0 Å². The normalized spacial score (nSPS) is 9.77. The highest BCUT2D eigenvalue weighted by Gasteiger charge is 2.10. The number of nitrogens with zero attached hydrogens (tertiary/aromatic N) is 1. The van der Waals surface area contributed by atoms with Crippen LogP contribution in [0.3, 0.4) is 0 Å². The van der Waals surface area contributed by atoms with E-state index in [1.54, 1.807) is 4.90 Å². The summed E-state index contributed by atoms with van der Waals surface area (Å²) in [5.74, 6) is 0. The first-order valence-corrected chi connectivity index (χ1v) is 5.17. The molecule has 3 heteroatoms. The van der Waals surface area contributed by atoms with Crippen LogP contribution in [0.5, 0.6) is 0 Å². The van der Waals surface area contributed by atoms with Crippen molar-refractivity contribution in [1.29, 1.82) is 0 Å². The molecule has 0 radical (unpaired) electrons. The van der Waals surface area contributed by atoms with Gasteiger partial charge in [0.05, 0.1) is 6.61 Å². The highest BCUT2D eigenvalue weighted by molar-refractivity contribution is 5.67. The Labute approximate surface area is 81.1 Å². The van der Waals surface area contributed by atoms with Crippen LogP contribution >= 0.6 is 0 Å². The Kier molecular flexibility index (Phi) is 7.45. The maximum atomic E-state index is 11.3. The van der Waals surface area contributed by atoms with Gasteiger partial charge in [0.25, 0.3) is 0 Å². The molecule has 0 aromatic rings. The van der Waals surface area contributed by atoms with E-state index < -0.39 is 0 Å². The molecule has 0 bridgehead atoms. The molecule has 0 rings (SSSR count). The molecule has 0 spiro atoms. The van der Waals surface area contributed by atoms with E-state index in [0.717, 1.165) is 19.5 Å². The predicted octanol–water partition coefficient (Wildman–Crippen LogP) is 2.66. The molecule has 1 amide bonds. The molecule has 0 aliphatic carbocycles. The van der Waals surface area contributed by atoms with Crippen molar-refractivity contribution in [2.45, 2.75) is 40.0 Å². The fraction of sp³-hybridized carbons (Fsp3) is 0.900. The van der Waals surface area contributed by atoms with E-state index >= 15 is 0 Å². The summed E-state index contributed by atoms with van der Waals surface area (Å²) in [5, 5.41) is 0. The third-order valence-electron chi connectivity index (χ3n) is 1.94. The Morgan fingerprint density at radius 1 is 1.23 bits per heavy atom. The number of hydrogen-bond donors (Lipinski definition) is 0. The minimum atomic E-state index is -0.180. The first kappa shape index (κ1) is 12.3. The van der Waals surface area contributed by atoms with Gasteiger partial charge in [-0.05, 0) is 20.3 Å². The van der Waals surface area contributed by atoms with E-state index in [-0.39, 0.29) is 6.09 Å². The molecule has 0 unspecified atom stereocenters. The predicted molar refractivity (Wildman–Crippen MR) is 53.8 cm³/mol. The Hall–Kier alpha value is -0.730. The third kappa shape index (κ3) is 5.50. The molecule has 0 aromatic carbocycles. The van der Waals surface area contributed by atoms with Crippen molar-refractivity contribution in [3.8, 4) is 0 Å². The molecule has 78 valence electrons. The number of amides is 1. The van der Waals surface area contributed by atoms with E-state index in [2.05, 4.69) is 6.92 Å². The number of hydrogen-bond acceptors (Lipinski definition) is 2. The van der Waals surface area contributed by atoms with Crippen molar-refractivity contribution in [3.63, 3.8) is 0 Å². The van der Waals surface area contributed by atoms with Crippen LogP contribution in [0.15, 0.2) is 0 Å². The Morgan fingerprint density at radius 2 is 1.92 bits per heavy atom. The van der Waals surface area contributed by atoms with Crippen molar-refractivity contribution in [2.75, 3.05) is 19.7 Å². The maximum absolute atomic E-state index is 11.3. The highest BCUT2D eigenvalue weighted by atomic mass is 16.6. The van der Waals surface area contributed by atoms with Gasteiger partial charge in [-0.15, -0.1) is 0 Å². The van der Waals surface area contributed by atoms with Crippen molar-refractivity contribution in [1.82, 2.24) is 4.90 Å². The van der Waals surface area contributed by atoms with Crippen LogP contribution < -0.4 is 0 Å². The van der Waals surface area contributed by atoms with Crippen molar-refractivity contribution in [2.24, 2.45) is 0 Å². The molecule has 0 saturated heterocycles. The molecule has 0 heterocycles. The first-order chi connectivity index (χ1) is 6.26. The zero-order valence-corrected chi connectivity index (χ0v) is 9.01. The zero-order valence-electron chi connectivity index (χ0n) is 9.01. The molecular formula is C10H21NO2. The fourth-order valence-corrected chi connectivity index (χ4v) is 1.15. The highest BCUT2D eigenvalue weighted by Crippen LogP contribution is 2.00. The van der Waals surface area contributed by atoms with Gasteiger partial charge in [-0.2, -0.15) is 0 Å². The number of ether oxygens (including phenoxy) is 1. The van der Waals surface area contributed by atoms with Crippen molar-refractivity contribution < 1.29 is 9.53 Å². The standard InChI is InChI=1S/C10H21NO2/c1-4-7-8-9-11(5-2)10(12)13-6-3/h4-9H2,1-3H3. The van der Waals surface area contributed by atoms with Crippen molar-refractivity contribution >= 4 is 6.09 Å². The van der Waals surface area contributed by atoms with Gasteiger partial charge in [0.15, 0.2) is 0 Å². The lowest BCUT2D eigenvalue weighted by molar-refractivity contribution is 0.108. The van der Waals surface area contributed by atoms with Gasteiger partial charge in [-0.1, -0.05) is 19.8 Å². The summed E-state index contributed by atoms with van der Waals surface area (Å²) in [6.07, 6.45) is 3.25. The van der Waals surface area contributed by atoms with Crippen LogP contribution in [0.4, 0.5) is 4.79 Å². The number of carbonyl (C=O) groups is 1. The lowest BCUT2D eigenvalue weighted by Crippen LogP contribution is -2.32. The van der Waals surface area contributed by atoms with Crippen molar-refractivity contribution in [3.05, 3.63) is 0 Å². The molecular weight excluding hydrogens is 166 g/mol. The topological polar surface area (TPSA) is 29.5 Å². The Bertz CT molecular complexity index is 137. The summed E-state index contributed by atoms with van der Waals surface area (Å²) in [6, 6.07) is 0. The van der Waals surface area contributed by atoms with Crippen LogP contribution in [-0.4, -0.2) is 30.7 Å². The van der Waals surface area contributed by atoms with Gasteiger partial charge >= 0.3 is 6.09 Å². The van der Waals surface area contributed by atoms with E-state index in [0.29, 0.717) is 6.61 Å². The summed E-state index contributed by atoms with van der Waals surface area (Å²) in [4.78, 5) is 13.0. The second-order valence-corrected chi connectivity index (χ2v) is 2.99. The number of unbranched alkanes of at least 4 members (excludes halogenated alkanes) is 2. The lowest BCUT2D eigenvalue weighted by atomic mass is 10.2. The molecule has 0 aromatic heterocycles. The monoisotopic (exact) mass is 187 g/mol. The average molecular weight is 187 g/mol. The summed E-state index contributed by atoms with van der Waals surface area (Å²) in [7, 11) is 0. The van der Waals surface area contributed by atoms with E-state index in [4.69, 9.17) is 4.74 Å². The van der Waals surface area contributed by atoms with Gasteiger partial charge in [0, 0.05) is 13.1 Å². The van der Waals surface area contributed by atoms with Crippen LogP contribution in [0.2, 0.25) is 0 Å². The van der Waals surface area contributed by atoms with E-state index in [1.165, 1.54) is 12.8 Å². The Morgan fingerprint density at radius 3 is 2.38 bits per heavy atom. The van der Waals surface area contributed by atoms with Crippen LogP contribution in [0, 0.1) is 0 Å². The van der Waals surface area contributed by atoms with Gasteiger partial charge in [-0.25, -0.2) is 4.79 Å². The average Bonchev–Trinajstić information content (AvgIpc) is 2.13. The molecule has 13 heavy (non-hydrogen) atoms. The lowest BCUT2D eigenvalue weighted by Gasteiger charge is -2.19. The van der Waals surface area contributed by atoms with E-state index in [1.807, 2.05) is 13.8 Å². The third-order valence-corrected chi connectivity index (χ3v) is 1.94. The molecule has 3 nitrogen and oxygen atoms in total. The molecule has 0 fully saturated rings. The van der Waals surface area contributed by atoms with E-state index in [9.17, 15) is 4.79 Å². The number of rotatable bonds is 6. The first-order valence-electron chi connectivity index (χ1n) is 5.17. The summed E-state index contributed by atoms with van der Waals surface area (Å²) in [5.41, 5.74) is 0. The second kappa shape index (κ2) is 7.90. The molecule has 0 aliphatic rings.